The Morgan fingerprint density at radius 3 is 2.61 bits per heavy atom. The van der Waals surface area contributed by atoms with Crippen molar-refractivity contribution >= 4 is 23.7 Å². The topological polar surface area (TPSA) is 70.6 Å². The Hall–Kier alpha value is -3.02. The average Bonchev–Trinajstić information content (AvgIpc) is 2.56. The van der Waals surface area contributed by atoms with Crippen LogP contribution in [0.1, 0.15) is 29.3 Å². The van der Waals surface area contributed by atoms with E-state index in [0.29, 0.717) is 23.2 Å². The predicted octanol–water partition coefficient (Wildman–Crippen LogP) is 2.94. The maximum absolute atomic E-state index is 12.8. The molecule has 0 radical (unpaired) electrons. The maximum atomic E-state index is 12.8. The largest absolute Gasteiger partial charge is 0.326 e. The molecule has 2 aromatic carbocycles. The van der Waals surface area contributed by atoms with E-state index in [9.17, 15) is 14.0 Å². The van der Waals surface area contributed by atoms with Crippen molar-refractivity contribution < 1.29 is 14.0 Å². The van der Waals surface area contributed by atoms with Crippen molar-refractivity contribution in [2.24, 2.45) is 5.10 Å². The molecule has 0 atom stereocenters. The van der Waals surface area contributed by atoms with Gasteiger partial charge in [-0.1, -0.05) is 25.1 Å². The molecule has 0 spiro atoms. The second-order valence-corrected chi connectivity index (χ2v) is 4.73. The summed E-state index contributed by atoms with van der Waals surface area (Å²) in [6, 6.07) is 12.3. The average molecular weight is 313 g/mol. The molecular weight excluding hydrogens is 297 g/mol. The summed E-state index contributed by atoms with van der Waals surface area (Å²) in [4.78, 5) is 23.4. The van der Waals surface area contributed by atoms with Gasteiger partial charge >= 0.3 is 0 Å². The minimum Gasteiger partial charge on any atom is -0.326 e. The third-order valence-electron chi connectivity index (χ3n) is 2.98. The Balaban J connectivity index is 1.99. The normalized spacial score (nSPS) is 10.5. The Bertz CT molecular complexity index is 727. The van der Waals surface area contributed by atoms with Crippen molar-refractivity contribution in [2.45, 2.75) is 13.3 Å². The molecule has 23 heavy (non-hydrogen) atoms. The first-order valence-corrected chi connectivity index (χ1v) is 7.07. The van der Waals surface area contributed by atoms with Crippen LogP contribution in [0.3, 0.4) is 0 Å². The number of hydrogen-bond acceptors (Lipinski definition) is 3. The van der Waals surface area contributed by atoms with Gasteiger partial charge in [-0.3, -0.25) is 9.59 Å². The molecule has 2 aromatic rings. The lowest BCUT2D eigenvalue weighted by atomic mass is 10.2. The van der Waals surface area contributed by atoms with Crippen molar-refractivity contribution in [3.63, 3.8) is 0 Å². The number of nitrogens with zero attached hydrogens (tertiary/aromatic N) is 1. The fraction of sp³-hybridized carbons (Fsp3) is 0.118. The van der Waals surface area contributed by atoms with E-state index in [1.807, 2.05) is 0 Å². The van der Waals surface area contributed by atoms with Crippen LogP contribution in [0.5, 0.6) is 0 Å². The Morgan fingerprint density at radius 1 is 1.17 bits per heavy atom. The quantitative estimate of drug-likeness (QED) is 0.658. The minimum atomic E-state index is -0.407. The Labute approximate surface area is 133 Å². The molecule has 0 aliphatic heterocycles. The summed E-state index contributed by atoms with van der Waals surface area (Å²) in [7, 11) is 0. The van der Waals surface area contributed by atoms with E-state index in [4.69, 9.17) is 0 Å². The molecule has 0 saturated carbocycles. The van der Waals surface area contributed by atoms with Crippen molar-refractivity contribution in [1.82, 2.24) is 5.43 Å². The number of nitrogens with one attached hydrogen (secondary N) is 2. The molecule has 2 amide bonds. The molecule has 0 aromatic heterocycles. The zero-order valence-electron chi connectivity index (χ0n) is 12.5. The van der Waals surface area contributed by atoms with Crippen LogP contribution in [0.25, 0.3) is 0 Å². The predicted molar refractivity (Wildman–Crippen MR) is 86.8 cm³/mol. The highest BCUT2D eigenvalue weighted by Gasteiger charge is 2.06. The Kier molecular flexibility index (Phi) is 5.57. The zero-order chi connectivity index (χ0) is 16.7. The molecule has 2 N–H and O–H groups in total. The number of rotatable bonds is 5. The van der Waals surface area contributed by atoms with Gasteiger partial charge in [0.15, 0.2) is 0 Å². The summed E-state index contributed by atoms with van der Waals surface area (Å²) < 4.78 is 12.8. The summed E-state index contributed by atoms with van der Waals surface area (Å²) in [5, 5.41) is 6.50. The number of carbonyl (C=O) groups is 2. The molecule has 0 heterocycles. The van der Waals surface area contributed by atoms with E-state index in [1.54, 1.807) is 43.3 Å². The van der Waals surface area contributed by atoms with E-state index < -0.39 is 5.91 Å². The monoisotopic (exact) mass is 313 g/mol. The highest BCUT2D eigenvalue weighted by Crippen LogP contribution is 2.11. The first-order chi connectivity index (χ1) is 11.1. The number of hydrazone groups is 1. The van der Waals surface area contributed by atoms with Gasteiger partial charge in [0, 0.05) is 17.7 Å². The van der Waals surface area contributed by atoms with Gasteiger partial charge in [0.1, 0.15) is 5.82 Å². The summed E-state index contributed by atoms with van der Waals surface area (Å²) in [6.45, 7) is 1.75. The van der Waals surface area contributed by atoms with Gasteiger partial charge in [0.2, 0.25) is 5.91 Å². The summed E-state index contributed by atoms with van der Waals surface area (Å²) in [5.74, 6) is -0.870. The molecule has 0 saturated heterocycles. The Morgan fingerprint density at radius 2 is 1.91 bits per heavy atom. The summed E-state index contributed by atoms with van der Waals surface area (Å²) >= 11 is 0. The second kappa shape index (κ2) is 7.84. The van der Waals surface area contributed by atoms with Crippen LogP contribution in [0.2, 0.25) is 0 Å². The van der Waals surface area contributed by atoms with E-state index in [-0.39, 0.29) is 11.7 Å². The van der Waals surface area contributed by atoms with Gasteiger partial charge in [0.05, 0.1) is 6.21 Å². The van der Waals surface area contributed by atoms with Gasteiger partial charge in [-0.15, -0.1) is 0 Å². The van der Waals surface area contributed by atoms with Crippen LogP contribution in [-0.2, 0) is 4.79 Å². The SMILES string of the molecule is CCC(=O)Nc1cccc(C(=O)N/N=C\c2ccc(F)cc2)c1. The second-order valence-electron chi connectivity index (χ2n) is 4.73. The molecule has 5 nitrogen and oxygen atoms in total. The molecule has 2 rings (SSSR count). The lowest BCUT2D eigenvalue weighted by molar-refractivity contribution is -0.115. The molecule has 0 bridgehead atoms. The van der Waals surface area contributed by atoms with Crippen LogP contribution in [0.15, 0.2) is 53.6 Å². The van der Waals surface area contributed by atoms with Crippen molar-refractivity contribution in [3.8, 4) is 0 Å². The first-order valence-electron chi connectivity index (χ1n) is 7.07. The number of halogens is 1. The van der Waals surface area contributed by atoms with Crippen molar-refractivity contribution in [1.29, 1.82) is 0 Å². The fourth-order valence-electron chi connectivity index (χ4n) is 1.77. The van der Waals surface area contributed by atoms with E-state index in [0.717, 1.165) is 0 Å². The number of hydrogen-bond donors (Lipinski definition) is 2. The lowest BCUT2D eigenvalue weighted by Crippen LogP contribution is -2.18. The van der Waals surface area contributed by atoms with Gasteiger partial charge in [-0.05, 0) is 35.9 Å². The summed E-state index contributed by atoms with van der Waals surface area (Å²) in [6.07, 6.45) is 1.78. The highest BCUT2D eigenvalue weighted by molar-refractivity contribution is 5.97. The van der Waals surface area contributed by atoms with Crippen LogP contribution in [0, 0.1) is 5.82 Å². The zero-order valence-corrected chi connectivity index (χ0v) is 12.5. The number of benzene rings is 2. The van der Waals surface area contributed by atoms with E-state index in [1.165, 1.54) is 18.3 Å². The molecule has 0 aliphatic carbocycles. The third-order valence-corrected chi connectivity index (χ3v) is 2.98. The molecule has 0 unspecified atom stereocenters. The van der Waals surface area contributed by atoms with Crippen molar-refractivity contribution in [3.05, 3.63) is 65.5 Å². The van der Waals surface area contributed by atoms with Crippen LogP contribution < -0.4 is 10.7 Å². The van der Waals surface area contributed by atoms with Gasteiger partial charge in [-0.2, -0.15) is 5.10 Å². The molecule has 118 valence electrons. The van der Waals surface area contributed by atoms with Crippen LogP contribution in [0.4, 0.5) is 10.1 Å². The number of carbonyl (C=O) groups excluding carboxylic acids is 2. The van der Waals surface area contributed by atoms with Crippen LogP contribution in [-0.4, -0.2) is 18.0 Å². The van der Waals surface area contributed by atoms with E-state index >= 15 is 0 Å². The van der Waals surface area contributed by atoms with Gasteiger partial charge in [0.25, 0.3) is 5.91 Å². The summed E-state index contributed by atoms with van der Waals surface area (Å²) in [5.41, 5.74) is 3.96. The van der Waals surface area contributed by atoms with E-state index in [2.05, 4.69) is 15.8 Å². The standard InChI is InChI=1S/C17H16FN3O2/c1-2-16(22)20-15-5-3-4-13(10-15)17(23)21-19-11-12-6-8-14(18)9-7-12/h3-11H,2H2,1H3,(H,20,22)(H,21,23)/b19-11-. The molecule has 0 aliphatic rings. The first kappa shape index (κ1) is 16.4. The maximum Gasteiger partial charge on any atom is 0.271 e. The van der Waals surface area contributed by atoms with Crippen molar-refractivity contribution in [2.75, 3.05) is 5.32 Å². The third kappa shape index (κ3) is 5.03. The van der Waals surface area contributed by atoms with Gasteiger partial charge in [-0.25, -0.2) is 9.82 Å². The number of anilines is 1. The smallest absolute Gasteiger partial charge is 0.271 e. The molecular formula is C17H16FN3O2. The lowest BCUT2D eigenvalue weighted by Gasteiger charge is -2.05. The highest BCUT2D eigenvalue weighted by atomic mass is 19.1. The van der Waals surface area contributed by atoms with Gasteiger partial charge < -0.3 is 5.32 Å². The van der Waals surface area contributed by atoms with Crippen LogP contribution >= 0.6 is 0 Å². The molecule has 6 heteroatoms. The number of amides is 2. The molecule has 0 fully saturated rings. The fourth-order valence-corrected chi connectivity index (χ4v) is 1.77. The minimum absolute atomic E-state index is 0.128.